The topological polar surface area (TPSA) is 74.6 Å². The van der Waals surface area contributed by atoms with Gasteiger partial charge in [0.2, 0.25) is 5.95 Å². The Bertz CT molecular complexity index is 1280. The molecule has 0 spiro atoms. The van der Waals surface area contributed by atoms with Gasteiger partial charge < -0.3 is 19.9 Å². The Morgan fingerprint density at radius 1 is 1.03 bits per heavy atom. The zero-order valence-corrected chi connectivity index (χ0v) is 20.6. The minimum Gasteiger partial charge on any atom is -0.369 e. The number of hydrogen-bond donors (Lipinski definition) is 1. The highest BCUT2D eigenvalue weighted by molar-refractivity contribution is 5.93. The van der Waals surface area contributed by atoms with Crippen LogP contribution >= 0.6 is 0 Å². The van der Waals surface area contributed by atoms with Crippen molar-refractivity contribution in [2.24, 2.45) is 0 Å². The van der Waals surface area contributed by atoms with Crippen LogP contribution in [-0.2, 0) is 11.5 Å². The Balaban J connectivity index is 1.36. The molecule has 3 heterocycles. The maximum absolute atomic E-state index is 5.65. The normalized spacial score (nSPS) is 14.7. The smallest absolute Gasteiger partial charge is 0.227 e. The van der Waals surface area contributed by atoms with E-state index in [1.165, 1.54) is 5.69 Å². The van der Waals surface area contributed by atoms with Gasteiger partial charge in [-0.3, -0.25) is 4.90 Å². The van der Waals surface area contributed by atoms with Gasteiger partial charge in [0.25, 0.3) is 0 Å². The molecule has 1 saturated heterocycles. The van der Waals surface area contributed by atoms with Gasteiger partial charge in [-0.25, -0.2) is 14.6 Å². The molecule has 4 aromatic rings. The number of nitrogens with zero attached hydrogens (tertiary/aromatic N) is 7. The number of hydrogen-bond acceptors (Lipinski definition) is 8. The molecule has 0 saturated carbocycles. The van der Waals surface area contributed by atoms with Crippen molar-refractivity contribution in [1.82, 2.24) is 29.5 Å². The Labute approximate surface area is 205 Å². The molecule has 0 bridgehead atoms. The number of likely N-dealkylation sites (N-methyl/N-ethyl adjacent to an activating group) is 1. The summed E-state index contributed by atoms with van der Waals surface area (Å²) in [6.07, 6.45) is 5.70. The number of anilines is 3. The lowest BCUT2D eigenvalue weighted by molar-refractivity contribution is 0.00871. The van der Waals surface area contributed by atoms with E-state index in [2.05, 4.69) is 62.6 Å². The molecule has 0 unspecified atom stereocenters. The Hall–Kier alpha value is -3.53. The first kappa shape index (κ1) is 23.2. The fourth-order valence-corrected chi connectivity index (χ4v) is 4.21. The van der Waals surface area contributed by atoms with Gasteiger partial charge >= 0.3 is 0 Å². The lowest BCUT2D eigenvalue weighted by atomic mass is 10.1. The number of ether oxygens (including phenoxy) is 1. The molecular weight excluding hydrogens is 440 g/mol. The molecule has 0 radical (unpaired) electrons. The second-order valence-electron chi connectivity index (χ2n) is 9.21. The van der Waals surface area contributed by atoms with Crippen LogP contribution in [0.1, 0.15) is 0 Å². The molecule has 0 amide bonds. The minimum absolute atomic E-state index is 0.397. The highest BCUT2D eigenvalue weighted by Crippen LogP contribution is 2.28. The second kappa shape index (κ2) is 10.4. The van der Waals surface area contributed by atoms with Crippen LogP contribution < -0.4 is 10.2 Å². The van der Waals surface area contributed by atoms with E-state index in [0.717, 1.165) is 53.9 Å². The predicted molar refractivity (Wildman–Crippen MR) is 140 cm³/mol. The van der Waals surface area contributed by atoms with Gasteiger partial charge in [0.15, 0.2) is 0 Å². The van der Waals surface area contributed by atoms with Gasteiger partial charge in [-0.1, -0.05) is 24.3 Å². The summed E-state index contributed by atoms with van der Waals surface area (Å²) in [4.78, 5) is 16.2. The third-order valence-corrected chi connectivity index (χ3v) is 6.10. The fraction of sp³-hybridized carbons (Fsp3) is 0.346. The fourth-order valence-electron chi connectivity index (χ4n) is 4.21. The van der Waals surface area contributed by atoms with Gasteiger partial charge in [-0.2, -0.15) is 5.10 Å². The van der Waals surface area contributed by atoms with E-state index in [9.17, 15) is 0 Å². The average Bonchev–Trinajstić information content (AvgIpc) is 3.33. The molecule has 1 N–H and O–H groups in total. The first-order chi connectivity index (χ1) is 17.0. The van der Waals surface area contributed by atoms with Crippen molar-refractivity contribution in [3.05, 3.63) is 61.1 Å². The molecule has 5 rings (SSSR count). The summed E-state index contributed by atoms with van der Waals surface area (Å²) in [7, 11) is 6.11. The van der Waals surface area contributed by atoms with Crippen LogP contribution in [0.4, 0.5) is 17.3 Å². The molecule has 9 nitrogen and oxygen atoms in total. The van der Waals surface area contributed by atoms with Crippen molar-refractivity contribution >= 4 is 28.2 Å². The summed E-state index contributed by atoms with van der Waals surface area (Å²) in [6.45, 7) is 5.16. The molecule has 0 atom stereocenters. The summed E-state index contributed by atoms with van der Waals surface area (Å²) < 4.78 is 7.44. The SMILES string of the molecule is CN(C)COCn1cc(-c2cccc3cnc(Nc4cccc(N5CCN(C)CC5)c4)nc23)cn1. The molecule has 1 fully saturated rings. The van der Waals surface area contributed by atoms with Crippen LogP contribution in [0.5, 0.6) is 0 Å². The highest BCUT2D eigenvalue weighted by Gasteiger charge is 2.15. The molecular formula is C26H32N8O. The van der Waals surface area contributed by atoms with Crippen LogP contribution in [0, 0.1) is 0 Å². The summed E-state index contributed by atoms with van der Waals surface area (Å²) >= 11 is 0. The zero-order valence-electron chi connectivity index (χ0n) is 20.6. The number of nitrogens with one attached hydrogen (secondary N) is 1. The number of fused-ring (bicyclic) bond motifs is 1. The van der Waals surface area contributed by atoms with E-state index in [1.807, 2.05) is 49.7 Å². The first-order valence-electron chi connectivity index (χ1n) is 11.9. The van der Waals surface area contributed by atoms with E-state index < -0.39 is 0 Å². The molecule has 2 aromatic carbocycles. The number of benzene rings is 2. The second-order valence-corrected chi connectivity index (χ2v) is 9.21. The summed E-state index contributed by atoms with van der Waals surface area (Å²) in [5, 5.41) is 8.84. The van der Waals surface area contributed by atoms with Crippen LogP contribution in [0.25, 0.3) is 22.0 Å². The van der Waals surface area contributed by atoms with Gasteiger partial charge in [0, 0.05) is 66.5 Å². The summed E-state index contributed by atoms with van der Waals surface area (Å²) in [5.41, 5.74) is 5.08. The molecule has 182 valence electrons. The monoisotopic (exact) mass is 472 g/mol. The van der Waals surface area contributed by atoms with Crippen LogP contribution in [0.15, 0.2) is 61.1 Å². The van der Waals surface area contributed by atoms with Crippen molar-refractivity contribution in [2.75, 3.05) is 64.3 Å². The van der Waals surface area contributed by atoms with E-state index >= 15 is 0 Å². The van der Waals surface area contributed by atoms with E-state index in [-0.39, 0.29) is 0 Å². The molecule has 35 heavy (non-hydrogen) atoms. The standard InChI is InChI=1S/C26H32N8O/c1-31(2)18-35-19-34-17-21(16-28-34)24-9-4-6-20-15-27-26(30-25(20)24)29-22-7-5-8-23(14-22)33-12-10-32(3)11-13-33/h4-9,14-17H,10-13,18-19H2,1-3H3,(H,27,29,30). The summed E-state index contributed by atoms with van der Waals surface area (Å²) in [5.74, 6) is 0.571. The van der Waals surface area contributed by atoms with Gasteiger partial charge in [0.05, 0.1) is 11.7 Å². The quantitative estimate of drug-likeness (QED) is 0.391. The van der Waals surface area contributed by atoms with Gasteiger partial charge in [-0.15, -0.1) is 0 Å². The molecule has 1 aliphatic heterocycles. The molecule has 2 aromatic heterocycles. The van der Waals surface area contributed by atoms with Crippen molar-refractivity contribution in [2.45, 2.75) is 6.73 Å². The van der Waals surface area contributed by atoms with Crippen LogP contribution in [0.3, 0.4) is 0 Å². The zero-order chi connectivity index (χ0) is 24.2. The lowest BCUT2D eigenvalue weighted by Gasteiger charge is -2.34. The Morgan fingerprint density at radius 3 is 2.69 bits per heavy atom. The minimum atomic E-state index is 0.397. The van der Waals surface area contributed by atoms with Crippen LogP contribution in [0.2, 0.25) is 0 Å². The van der Waals surface area contributed by atoms with Crippen molar-refractivity contribution in [1.29, 1.82) is 0 Å². The number of piperazine rings is 1. The van der Waals surface area contributed by atoms with E-state index in [4.69, 9.17) is 9.72 Å². The first-order valence-corrected chi connectivity index (χ1v) is 11.9. The van der Waals surface area contributed by atoms with Crippen molar-refractivity contribution in [3.8, 4) is 11.1 Å². The van der Waals surface area contributed by atoms with Gasteiger partial charge in [-0.05, 0) is 39.3 Å². The molecule has 0 aliphatic carbocycles. The third-order valence-electron chi connectivity index (χ3n) is 6.10. The Morgan fingerprint density at radius 2 is 1.86 bits per heavy atom. The third kappa shape index (κ3) is 5.59. The number of para-hydroxylation sites is 1. The predicted octanol–water partition coefficient (Wildman–Crippen LogP) is 3.48. The average molecular weight is 473 g/mol. The van der Waals surface area contributed by atoms with E-state index in [0.29, 0.717) is 19.4 Å². The summed E-state index contributed by atoms with van der Waals surface area (Å²) in [6, 6.07) is 14.6. The van der Waals surface area contributed by atoms with E-state index in [1.54, 1.807) is 4.68 Å². The number of rotatable bonds is 8. The van der Waals surface area contributed by atoms with Gasteiger partial charge in [0.1, 0.15) is 13.5 Å². The largest absolute Gasteiger partial charge is 0.369 e. The maximum Gasteiger partial charge on any atom is 0.227 e. The Kier molecular flexibility index (Phi) is 6.89. The van der Waals surface area contributed by atoms with Crippen LogP contribution in [-0.4, -0.2) is 83.6 Å². The molecule has 1 aliphatic rings. The van der Waals surface area contributed by atoms with Crippen molar-refractivity contribution < 1.29 is 4.74 Å². The maximum atomic E-state index is 5.65. The molecule has 9 heteroatoms. The number of aromatic nitrogens is 4. The lowest BCUT2D eigenvalue weighted by Crippen LogP contribution is -2.44. The highest BCUT2D eigenvalue weighted by atomic mass is 16.5. The van der Waals surface area contributed by atoms with Crippen molar-refractivity contribution in [3.63, 3.8) is 0 Å².